The van der Waals surface area contributed by atoms with Crippen LogP contribution in [0.5, 0.6) is 5.75 Å². The van der Waals surface area contributed by atoms with Gasteiger partial charge < -0.3 is 28.4 Å². The largest absolute Gasteiger partial charge is 0.491 e. The van der Waals surface area contributed by atoms with Gasteiger partial charge in [-0.25, -0.2) is 0 Å². The van der Waals surface area contributed by atoms with Crippen molar-refractivity contribution in [2.24, 2.45) is 0 Å². The van der Waals surface area contributed by atoms with E-state index in [1.54, 1.807) is 0 Å². The average Bonchev–Trinajstić information content (AvgIpc) is 2.82. The van der Waals surface area contributed by atoms with Gasteiger partial charge in [0.15, 0.2) is 0 Å². The molecule has 0 N–H and O–H groups in total. The maximum Gasteiger partial charge on any atom is 0.119 e. The second-order valence-electron chi connectivity index (χ2n) is 7.70. The van der Waals surface area contributed by atoms with Gasteiger partial charge in [-0.1, -0.05) is 70.1 Å². The summed E-state index contributed by atoms with van der Waals surface area (Å²) in [5.41, 5.74) is 0. The minimum atomic E-state index is 0.539. The third-order valence-corrected chi connectivity index (χ3v) is 4.87. The highest BCUT2D eigenvalue weighted by molar-refractivity contribution is 5.20. The standard InChI is InChI=1S/C26H46O6/c1-2-3-4-5-6-7-8-12-15-27-16-17-28-18-19-29-20-21-30-22-23-31-24-25-32-26-13-10-9-11-14-26/h9-11,13-14H,2-8,12,15-25H2,1H3. The summed E-state index contributed by atoms with van der Waals surface area (Å²) in [5, 5.41) is 0. The van der Waals surface area contributed by atoms with Gasteiger partial charge in [0.25, 0.3) is 0 Å². The molecular weight excluding hydrogens is 408 g/mol. The summed E-state index contributed by atoms with van der Waals surface area (Å²) in [6, 6.07) is 9.73. The van der Waals surface area contributed by atoms with E-state index in [-0.39, 0.29) is 0 Å². The van der Waals surface area contributed by atoms with Crippen LogP contribution in [0.15, 0.2) is 30.3 Å². The van der Waals surface area contributed by atoms with E-state index in [1.807, 2.05) is 30.3 Å². The molecule has 1 aromatic rings. The molecule has 0 spiro atoms. The molecule has 0 atom stereocenters. The van der Waals surface area contributed by atoms with Crippen LogP contribution in [-0.2, 0) is 23.7 Å². The molecule has 0 aliphatic rings. The summed E-state index contributed by atoms with van der Waals surface area (Å²) < 4.78 is 33.1. The van der Waals surface area contributed by atoms with Crippen molar-refractivity contribution in [3.05, 3.63) is 30.3 Å². The van der Waals surface area contributed by atoms with Crippen molar-refractivity contribution >= 4 is 0 Å². The molecule has 1 rings (SSSR count). The monoisotopic (exact) mass is 454 g/mol. The lowest BCUT2D eigenvalue weighted by atomic mass is 10.1. The number of para-hydroxylation sites is 1. The quantitative estimate of drug-likeness (QED) is 0.187. The van der Waals surface area contributed by atoms with Crippen molar-refractivity contribution in [3.8, 4) is 5.75 Å². The molecule has 0 fully saturated rings. The molecule has 0 heterocycles. The van der Waals surface area contributed by atoms with Crippen LogP contribution in [0.3, 0.4) is 0 Å². The highest BCUT2D eigenvalue weighted by Crippen LogP contribution is 2.08. The highest BCUT2D eigenvalue weighted by Gasteiger charge is 1.96. The van der Waals surface area contributed by atoms with E-state index >= 15 is 0 Å². The zero-order chi connectivity index (χ0) is 22.8. The van der Waals surface area contributed by atoms with Gasteiger partial charge in [0, 0.05) is 6.61 Å². The Bertz CT molecular complexity index is 471. The fraction of sp³-hybridized carbons (Fsp3) is 0.769. The summed E-state index contributed by atoms with van der Waals surface area (Å²) in [5.74, 6) is 0.861. The molecule has 0 aliphatic heterocycles. The van der Waals surface area contributed by atoms with Gasteiger partial charge in [-0.15, -0.1) is 0 Å². The molecular formula is C26H46O6. The van der Waals surface area contributed by atoms with Crippen LogP contribution < -0.4 is 4.74 Å². The van der Waals surface area contributed by atoms with Crippen LogP contribution in [-0.4, -0.2) is 72.7 Å². The fourth-order valence-corrected chi connectivity index (χ4v) is 3.05. The van der Waals surface area contributed by atoms with Crippen molar-refractivity contribution in [1.29, 1.82) is 0 Å². The summed E-state index contributed by atoms with van der Waals surface area (Å²) in [6.07, 6.45) is 10.6. The van der Waals surface area contributed by atoms with Gasteiger partial charge in [0.1, 0.15) is 12.4 Å². The van der Waals surface area contributed by atoms with Crippen LogP contribution >= 0.6 is 0 Å². The lowest BCUT2D eigenvalue weighted by Crippen LogP contribution is -2.14. The number of rotatable bonds is 25. The van der Waals surface area contributed by atoms with E-state index in [0.29, 0.717) is 66.1 Å². The van der Waals surface area contributed by atoms with Gasteiger partial charge in [-0.2, -0.15) is 0 Å². The molecule has 0 saturated heterocycles. The first-order valence-electron chi connectivity index (χ1n) is 12.5. The van der Waals surface area contributed by atoms with E-state index in [1.165, 1.54) is 44.9 Å². The topological polar surface area (TPSA) is 55.4 Å². The van der Waals surface area contributed by atoms with E-state index in [4.69, 9.17) is 28.4 Å². The van der Waals surface area contributed by atoms with Crippen LogP contribution in [0, 0.1) is 0 Å². The van der Waals surface area contributed by atoms with Crippen molar-refractivity contribution < 1.29 is 28.4 Å². The van der Waals surface area contributed by atoms with Crippen LogP contribution in [0.2, 0.25) is 0 Å². The van der Waals surface area contributed by atoms with E-state index in [2.05, 4.69) is 6.92 Å². The SMILES string of the molecule is CCCCCCCCCCOCCOCCOCCOCCOCCOc1ccccc1. The van der Waals surface area contributed by atoms with Crippen molar-refractivity contribution in [1.82, 2.24) is 0 Å². The Hall–Kier alpha value is -1.18. The maximum absolute atomic E-state index is 5.60. The number of unbranched alkanes of at least 4 members (excludes halogenated alkanes) is 7. The van der Waals surface area contributed by atoms with Gasteiger partial charge in [-0.05, 0) is 18.6 Å². The summed E-state index contributed by atoms with van der Waals surface area (Å²) in [4.78, 5) is 0. The smallest absolute Gasteiger partial charge is 0.119 e. The van der Waals surface area contributed by atoms with E-state index in [0.717, 1.165) is 18.8 Å². The molecule has 0 aromatic heterocycles. The third-order valence-electron chi connectivity index (χ3n) is 4.87. The second-order valence-corrected chi connectivity index (χ2v) is 7.70. The third kappa shape index (κ3) is 20.7. The fourth-order valence-electron chi connectivity index (χ4n) is 3.05. The molecule has 0 aliphatic carbocycles. The first kappa shape index (κ1) is 28.9. The molecule has 186 valence electrons. The second kappa shape index (κ2) is 24.5. The highest BCUT2D eigenvalue weighted by atomic mass is 16.6. The van der Waals surface area contributed by atoms with Gasteiger partial charge in [0.2, 0.25) is 0 Å². The molecule has 6 nitrogen and oxygen atoms in total. The minimum absolute atomic E-state index is 0.539. The lowest BCUT2D eigenvalue weighted by Gasteiger charge is -2.08. The molecule has 0 unspecified atom stereocenters. The Kier molecular flexibility index (Phi) is 22.1. The predicted molar refractivity (Wildman–Crippen MR) is 129 cm³/mol. The number of benzene rings is 1. The van der Waals surface area contributed by atoms with E-state index in [9.17, 15) is 0 Å². The van der Waals surface area contributed by atoms with Crippen LogP contribution in [0.4, 0.5) is 0 Å². The lowest BCUT2D eigenvalue weighted by molar-refractivity contribution is -0.0128. The average molecular weight is 455 g/mol. The number of hydrogen-bond acceptors (Lipinski definition) is 6. The first-order valence-corrected chi connectivity index (χ1v) is 12.5. The Morgan fingerprint density at radius 3 is 1.34 bits per heavy atom. The van der Waals surface area contributed by atoms with Crippen LogP contribution in [0.25, 0.3) is 0 Å². The van der Waals surface area contributed by atoms with Gasteiger partial charge in [-0.3, -0.25) is 0 Å². The van der Waals surface area contributed by atoms with Gasteiger partial charge in [0.05, 0.1) is 59.5 Å². The number of hydrogen-bond donors (Lipinski definition) is 0. The summed E-state index contributed by atoms with van der Waals surface area (Å²) in [7, 11) is 0. The molecule has 0 saturated carbocycles. The van der Waals surface area contributed by atoms with Crippen molar-refractivity contribution in [2.75, 3.05) is 72.7 Å². The Morgan fingerprint density at radius 2 is 0.844 bits per heavy atom. The number of ether oxygens (including phenoxy) is 6. The van der Waals surface area contributed by atoms with E-state index < -0.39 is 0 Å². The molecule has 32 heavy (non-hydrogen) atoms. The molecule has 0 bridgehead atoms. The van der Waals surface area contributed by atoms with Crippen molar-refractivity contribution in [2.45, 2.75) is 58.3 Å². The van der Waals surface area contributed by atoms with Crippen molar-refractivity contribution in [3.63, 3.8) is 0 Å². The summed E-state index contributed by atoms with van der Waals surface area (Å²) in [6.45, 7) is 8.89. The minimum Gasteiger partial charge on any atom is -0.491 e. The first-order chi connectivity index (χ1) is 15.9. The van der Waals surface area contributed by atoms with Crippen LogP contribution in [0.1, 0.15) is 58.3 Å². The normalized spacial score (nSPS) is 11.2. The molecule has 0 amide bonds. The van der Waals surface area contributed by atoms with Gasteiger partial charge >= 0.3 is 0 Å². The molecule has 1 aromatic carbocycles. The zero-order valence-electron chi connectivity index (χ0n) is 20.3. The summed E-state index contributed by atoms with van der Waals surface area (Å²) >= 11 is 0. The Labute approximate surface area is 195 Å². The molecule has 6 heteroatoms. The Balaban J connectivity index is 1.64. The zero-order valence-corrected chi connectivity index (χ0v) is 20.3. The molecule has 0 radical (unpaired) electrons. The Morgan fingerprint density at radius 1 is 0.438 bits per heavy atom. The predicted octanol–water partition coefficient (Wildman–Crippen LogP) is 5.29. The maximum atomic E-state index is 5.60.